The third-order valence-electron chi connectivity index (χ3n) is 3.79. The summed E-state index contributed by atoms with van der Waals surface area (Å²) in [5, 5.41) is 13.8. The second kappa shape index (κ2) is 6.50. The maximum absolute atomic E-state index is 12.8. The molecular formula is C15H17FNO3-. The highest BCUT2D eigenvalue weighted by Crippen LogP contribution is 2.29. The number of rotatable bonds is 4. The zero-order chi connectivity index (χ0) is 14.5. The maximum Gasteiger partial charge on any atom is 0.224 e. The molecule has 1 aromatic rings. The van der Waals surface area contributed by atoms with E-state index in [0.29, 0.717) is 12.8 Å². The molecule has 0 saturated heterocycles. The van der Waals surface area contributed by atoms with Gasteiger partial charge in [-0.15, -0.1) is 0 Å². The van der Waals surface area contributed by atoms with Crippen molar-refractivity contribution in [2.24, 2.45) is 11.8 Å². The largest absolute Gasteiger partial charge is 0.550 e. The van der Waals surface area contributed by atoms with E-state index in [1.54, 1.807) is 12.1 Å². The van der Waals surface area contributed by atoms with E-state index < -0.39 is 17.8 Å². The number of hydrogen-bond acceptors (Lipinski definition) is 3. The minimum Gasteiger partial charge on any atom is -0.550 e. The quantitative estimate of drug-likeness (QED) is 0.893. The molecule has 1 saturated carbocycles. The molecule has 2 rings (SSSR count). The van der Waals surface area contributed by atoms with Crippen LogP contribution in [0.2, 0.25) is 0 Å². The van der Waals surface area contributed by atoms with Gasteiger partial charge in [-0.3, -0.25) is 4.79 Å². The number of amides is 1. The Morgan fingerprint density at radius 2 is 1.75 bits per heavy atom. The molecule has 1 amide bonds. The van der Waals surface area contributed by atoms with E-state index in [2.05, 4.69) is 5.32 Å². The SMILES string of the molecule is O=C(NCc1ccc(F)cc1)[C@H]1CCCC[C@H]1C(=O)[O-]. The van der Waals surface area contributed by atoms with E-state index in [9.17, 15) is 19.1 Å². The topological polar surface area (TPSA) is 69.2 Å². The molecule has 1 aliphatic rings. The van der Waals surface area contributed by atoms with Gasteiger partial charge in [0.15, 0.2) is 0 Å². The van der Waals surface area contributed by atoms with Crippen LogP contribution in [0.4, 0.5) is 4.39 Å². The molecule has 1 fully saturated rings. The molecule has 4 nitrogen and oxygen atoms in total. The number of nitrogens with one attached hydrogen (secondary N) is 1. The van der Waals surface area contributed by atoms with E-state index in [0.717, 1.165) is 18.4 Å². The Balaban J connectivity index is 1.93. The number of hydrogen-bond donors (Lipinski definition) is 1. The average Bonchev–Trinajstić information content (AvgIpc) is 2.46. The molecule has 0 aromatic heterocycles. The van der Waals surface area contributed by atoms with Gasteiger partial charge < -0.3 is 15.2 Å². The summed E-state index contributed by atoms with van der Waals surface area (Å²) in [6.07, 6.45) is 2.75. The lowest BCUT2D eigenvalue weighted by Crippen LogP contribution is -2.44. The van der Waals surface area contributed by atoms with Crippen LogP contribution in [0, 0.1) is 17.7 Å². The van der Waals surface area contributed by atoms with Gasteiger partial charge in [0.2, 0.25) is 5.91 Å². The van der Waals surface area contributed by atoms with E-state index in [-0.39, 0.29) is 18.3 Å². The molecular weight excluding hydrogens is 261 g/mol. The highest BCUT2D eigenvalue weighted by atomic mass is 19.1. The highest BCUT2D eigenvalue weighted by molar-refractivity contribution is 5.84. The molecule has 0 radical (unpaired) electrons. The minimum atomic E-state index is -1.15. The van der Waals surface area contributed by atoms with Gasteiger partial charge in [-0.1, -0.05) is 25.0 Å². The fourth-order valence-electron chi connectivity index (χ4n) is 2.65. The molecule has 0 spiro atoms. The Labute approximate surface area is 117 Å². The molecule has 0 aliphatic heterocycles. The first-order valence-corrected chi connectivity index (χ1v) is 6.81. The summed E-state index contributed by atoms with van der Waals surface area (Å²) in [5.74, 6) is -2.95. The highest BCUT2D eigenvalue weighted by Gasteiger charge is 2.31. The second-order valence-electron chi connectivity index (χ2n) is 5.16. The molecule has 0 unspecified atom stereocenters. The van der Waals surface area contributed by atoms with E-state index >= 15 is 0 Å². The zero-order valence-electron chi connectivity index (χ0n) is 11.1. The number of carbonyl (C=O) groups is 2. The lowest BCUT2D eigenvalue weighted by Gasteiger charge is -2.31. The van der Waals surface area contributed by atoms with Crippen molar-refractivity contribution in [3.63, 3.8) is 0 Å². The maximum atomic E-state index is 12.8. The summed E-state index contributed by atoms with van der Waals surface area (Å²) in [4.78, 5) is 23.1. The minimum absolute atomic E-state index is 0.261. The molecule has 108 valence electrons. The molecule has 20 heavy (non-hydrogen) atoms. The summed E-state index contributed by atoms with van der Waals surface area (Å²) in [5.41, 5.74) is 0.778. The van der Waals surface area contributed by atoms with Crippen molar-refractivity contribution >= 4 is 11.9 Å². The third kappa shape index (κ3) is 3.56. The Morgan fingerprint density at radius 3 is 2.35 bits per heavy atom. The van der Waals surface area contributed by atoms with Crippen molar-refractivity contribution in [2.45, 2.75) is 32.2 Å². The standard InChI is InChI=1S/C15H18FNO3/c16-11-7-5-10(6-8-11)9-17-14(18)12-3-1-2-4-13(12)15(19)20/h5-8,12-13H,1-4,9H2,(H,17,18)(H,19,20)/p-1/t12-,13+/m0/s1. The summed E-state index contributed by atoms with van der Waals surface area (Å²) in [6, 6.07) is 5.83. The van der Waals surface area contributed by atoms with E-state index in [1.165, 1.54) is 12.1 Å². The van der Waals surface area contributed by atoms with Crippen molar-refractivity contribution in [3.05, 3.63) is 35.6 Å². The van der Waals surface area contributed by atoms with Crippen LogP contribution in [-0.2, 0) is 16.1 Å². The molecule has 1 aromatic carbocycles. The zero-order valence-corrected chi connectivity index (χ0v) is 11.1. The van der Waals surface area contributed by atoms with Gasteiger partial charge in [0, 0.05) is 24.3 Å². The van der Waals surface area contributed by atoms with Gasteiger partial charge >= 0.3 is 0 Å². The second-order valence-corrected chi connectivity index (χ2v) is 5.16. The van der Waals surface area contributed by atoms with Crippen LogP contribution in [-0.4, -0.2) is 11.9 Å². The number of halogens is 1. The Morgan fingerprint density at radius 1 is 1.15 bits per heavy atom. The third-order valence-corrected chi connectivity index (χ3v) is 3.79. The van der Waals surface area contributed by atoms with Crippen LogP contribution >= 0.6 is 0 Å². The van der Waals surface area contributed by atoms with Crippen molar-refractivity contribution in [2.75, 3.05) is 0 Å². The fraction of sp³-hybridized carbons (Fsp3) is 0.467. The molecule has 0 heterocycles. The van der Waals surface area contributed by atoms with Gasteiger partial charge in [0.25, 0.3) is 0 Å². The van der Waals surface area contributed by atoms with E-state index in [4.69, 9.17) is 0 Å². The van der Waals surface area contributed by atoms with Crippen molar-refractivity contribution in [3.8, 4) is 0 Å². The lowest BCUT2D eigenvalue weighted by atomic mass is 9.78. The van der Waals surface area contributed by atoms with Gasteiger partial charge in [-0.25, -0.2) is 4.39 Å². The predicted octanol–water partition coefficient (Wildman–Crippen LogP) is 0.998. The van der Waals surface area contributed by atoms with Gasteiger partial charge in [-0.05, 0) is 30.5 Å². The number of carbonyl (C=O) groups excluding carboxylic acids is 2. The predicted molar refractivity (Wildman–Crippen MR) is 68.7 cm³/mol. The Kier molecular flexibility index (Phi) is 4.71. The number of carboxylic acids is 1. The molecule has 5 heteroatoms. The van der Waals surface area contributed by atoms with Crippen LogP contribution in [0.3, 0.4) is 0 Å². The van der Waals surface area contributed by atoms with Crippen LogP contribution in [0.25, 0.3) is 0 Å². The van der Waals surface area contributed by atoms with Crippen molar-refractivity contribution in [1.82, 2.24) is 5.32 Å². The average molecular weight is 278 g/mol. The van der Waals surface area contributed by atoms with Gasteiger partial charge in [0.1, 0.15) is 5.82 Å². The Hall–Kier alpha value is -1.91. The number of benzene rings is 1. The monoisotopic (exact) mass is 278 g/mol. The first-order chi connectivity index (χ1) is 9.58. The van der Waals surface area contributed by atoms with Gasteiger partial charge in [0.05, 0.1) is 0 Å². The number of carboxylic acid groups (broad SMARTS) is 1. The summed E-state index contributed by atoms with van der Waals surface area (Å²) in [7, 11) is 0. The summed E-state index contributed by atoms with van der Waals surface area (Å²) < 4.78 is 12.8. The van der Waals surface area contributed by atoms with E-state index in [1.807, 2.05) is 0 Å². The molecule has 2 atom stereocenters. The van der Waals surface area contributed by atoms with Crippen LogP contribution in [0.15, 0.2) is 24.3 Å². The van der Waals surface area contributed by atoms with Crippen LogP contribution < -0.4 is 10.4 Å². The number of aliphatic carboxylic acids is 1. The van der Waals surface area contributed by atoms with Crippen LogP contribution in [0.5, 0.6) is 0 Å². The smallest absolute Gasteiger partial charge is 0.224 e. The molecule has 1 N–H and O–H groups in total. The van der Waals surface area contributed by atoms with Gasteiger partial charge in [-0.2, -0.15) is 0 Å². The summed E-state index contributed by atoms with van der Waals surface area (Å²) >= 11 is 0. The van der Waals surface area contributed by atoms with Crippen molar-refractivity contribution in [1.29, 1.82) is 0 Å². The fourth-order valence-corrected chi connectivity index (χ4v) is 2.65. The molecule has 0 bridgehead atoms. The lowest BCUT2D eigenvalue weighted by molar-refractivity contribution is -0.314. The Bertz CT molecular complexity index is 486. The first kappa shape index (κ1) is 14.5. The summed E-state index contributed by atoms with van der Waals surface area (Å²) in [6.45, 7) is 0.273. The van der Waals surface area contributed by atoms with Crippen molar-refractivity contribution < 1.29 is 19.1 Å². The first-order valence-electron chi connectivity index (χ1n) is 6.81. The normalized spacial score (nSPS) is 22.2. The van der Waals surface area contributed by atoms with Crippen LogP contribution in [0.1, 0.15) is 31.2 Å². The molecule has 1 aliphatic carbocycles.